The van der Waals surface area contributed by atoms with Gasteiger partial charge >= 0.3 is 0 Å². The van der Waals surface area contributed by atoms with Crippen molar-refractivity contribution in [3.8, 4) is 12.3 Å². The molecule has 1 amide bonds. The van der Waals surface area contributed by atoms with Gasteiger partial charge in [-0.25, -0.2) is 13.8 Å². The summed E-state index contributed by atoms with van der Waals surface area (Å²) in [7, 11) is 0. The van der Waals surface area contributed by atoms with Gasteiger partial charge in [-0.1, -0.05) is 29.7 Å². The van der Waals surface area contributed by atoms with Crippen molar-refractivity contribution in [2.45, 2.75) is 24.8 Å². The smallest absolute Gasteiger partial charge is 0.263 e. The fraction of sp³-hybridized carbons (Fsp3) is 0.250. The summed E-state index contributed by atoms with van der Waals surface area (Å²) < 4.78 is 29.4. The van der Waals surface area contributed by atoms with E-state index < -0.39 is 28.5 Å². The highest BCUT2D eigenvalue weighted by atomic mass is 35.5. The number of thiazole rings is 1. The Labute approximate surface area is 199 Å². The molecule has 0 spiro atoms. The number of nitrogens with one attached hydrogen (secondary N) is 1. The van der Waals surface area contributed by atoms with Gasteiger partial charge in [0.05, 0.1) is 11.1 Å². The van der Waals surface area contributed by atoms with Crippen LogP contribution in [0.5, 0.6) is 0 Å². The van der Waals surface area contributed by atoms with Gasteiger partial charge in [-0.05, 0) is 43.2 Å². The molecule has 2 aromatic carbocycles. The minimum atomic E-state index is -0.950. The molecule has 5 nitrogen and oxygen atoms in total. The largest absolute Gasteiger partial charge is 0.370 e. The van der Waals surface area contributed by atoms with E-state index in [9.17, 15) is 13.6 Å². The standard InChI is InChI=1S/C24H21ClF2N4OS/c1-3-24(2,14-4-6-15(25)7-5-14)20-13-33-23(29-20)30-22(32)21-18(26)10-17(11-19(21)27)31-9-8-16(28)12-31/h1,4-7,10-11,13,16H,8-9,12,28H2,2H3,(H,29,30,32)/t16?,24-/m0/s1. The van der Waals surface area contributed by atoms with E-state index in [4.69, 9.17) is 23.8 Å². The number of hydrogen-bond acceptors (Lipinski definition) is 5. The Kier molecular flexibility index (Phi) is 6.39. The Hall–Kier alpha value is -2.99. The quantitative estimate of drug-likeness (QED) is 0.508. The number of rotatable bonds is 5. The topological polar surface area (TPSA) is 71.2 Å². The van der Waals surface area contributed by atoms with Crippen LogP contribution in [0.2, 0.25) is 5.02 Å². The lowest BCUT2D eigenvalue weighted by atomic mass is 9.81. The number of halogens is 3. The van der Waals surface area contributed by atoms with Gasteiger partial charge < -0.3 is 10.6 Å². The second kappa shape index (κ2) is 9.10. The van der Waals surface area contributed by atoms with Crippen LogP contribution in [0, 0.1) is 24.0 Å². The Morgan fingerprint density at radius 2 is 2.00 bits per heavy atom. The van der Waals surface area contributed by atoms with Crippen molar-refractivity contribution in [1.29, 1.82) is 0 Å². The summed E-state index contributed by atoms with van der Waals surface area (Å²) in [4.78, 5) is 18.9. The molecule has 0 aliphatic carbocycles. The van der Waals surface area contributed by atoms with Crippen LogP contribution in [0.3, 0.4) is 0 Å². The highest BCUT2D eigenvalue weighted by Crippen LogP contribution is 2.34. The molecule has 0 saturated carbocycles. The highest BCUT2D eigenvalue weighted by molar-refractivity contribution is 7.14. The first kappa shape index (κ1) is 23.2. The third-order valence-electron chi connectivity index (χ3n) is 5.79. The van der Waals surface area contributed by atoms with Gasteiger partial charge in [-0.3, -0.25) is 10.1 Å². The first-order chi connectivity index (χ1) is 15.7. The second-order valence-electron chi connectivity index (χ2n) is 8.05. The lowest BCUT2D eigenvalue weighted by Crippen LogP contribution is -2.26. The van der Waals surface area contributed by atoms with Crippen molar-refractivity contribution < 1.29 is 13.6 Å². The van der Waals surface area contributed by atoms with E-state index in [1.54, 1.807) is 34.5 Å². The van der Waals surface area contributed by atoms with Gasteiger partial charge in [0, 0.05) is 35.2 Å². The van der Waals surface area contributed by atoms with Crippen molar-refractivity contribution in [3.05, 3.63) is 75.3 Å². The number of nitrogens with zero attached hydrogens (tertiary/aromatic N) is 2. The molecule has 3 aromatic rings. The molecule has 1 fully saturated rings. The second-order valence-corrected chi connectivity index (χ2v) is 9.34. The van der Waals surface area contributed by atoms with Crippen LogP contribution in [-0.4, -0.2) is 30.0 Å². The zero-order valence-corrected chi connectivity index (χ0v) is 19.3. The maximum Gasteiger partial charge on any atom is 0.263 e. The Bertz CT molecular complexity index is 1220. The molecule has 4 rings (SSSR count). The Balaban J connectivity index is 1.55. The SMILES string of the molecule is C#C[C@@](C)(c1ccc(Cl)cc1)c1csc(NC(=O)c2c(F)cc(N3CCC(N)C3)cc2F)n1. The van der Waals surface area contributed by atoms with E-state index in [1.807, 2.05) is 6.92 Å². The summed E-state index contributed by atoms with van der Waals surface area (Å²) in [5, 5.41) is 4.94. The summed E-state index contributed by atoms with van der Waals surface area (Å²) >= 11 is 7.08. The average molecular weight is 487 g/mol. The van der Waals surface area contributed by atoms with Crippen LogP contribution in [0.1, 0.15) is 35.0 Å². The summed E-state index contributed by atoms with van der Waals surface area (Å²) in [5.41, 5.74) is 6.01. The van der Waals surface area contributed by atoms with E-state index in [-0.39, 0.29) is 11.2 Å². The number of carbonyl (C=O) groups is 1. The molecule has 3 N–H and O–H groups in total. The molecule has 1 aliphatic rings. The molecule has 33 heavy (non-hydrogen) atoms. The molecule has 170 valence electrons. The molecule has 1 saturated heterocycles. The zero-order chi connectivity index (χ0) is 23.8. The van der Waals surface area contributed by atoms with Crippen LogP contribution < -0.4 is 16.0 Å². The van der Waals surface area contributed by atoms with Crippen LogP contribution in [-0.2, 0) is 5.41 Å². The summed E-state index contributed by atoms with van der Waals surface area (Å²) in [6, 6.07) is 9.33. The molecule has 1 unspecified atom stereocenters. The number of anilines is 2. The normalized spacial score (nSPS) is 17.5. The minimum Gasteiger partial charge on any atom is -0.370 e. The summed E-state index contributed by atoms with van der Waals surface area (Å²) in [5.74, 6) is -0.0878. The van der Waals surface area contributed by atoms with Crippen LogP contribution in [0.15, 0.2) is 41.8 Å². The summed E-state index contributed by atoms with van der Waals surface area (Å²) in [6.07, 6.45) is 6.55. The number of benzene rings is 2. The van der Waals surface area contributed by atoms with Crippen LogP contribution >= 0.6 is 22.9 Å². The number of aromatic nitrogens is 1. The molecule has 1 aliphatic heterocycles. The third kappa shape index (κ3) is 4.58. The highest BCUT2D eigenvalue weighted by Gasteiger charge is 2.30. The molecule has 1 aromatic heterocycles. The summed E-state index contributed by atoms with van der Waals surface area (Å²) in [6.45, 7) is 2.93. The number of hydrogen-bond donors (Lipinski definition) is 2. The first-order valence-electron chi connectivity index (χ1n) is 10.2. The van der Waals surface area contributed by atoms with Gasteiger partial charge in [0.15, 0.2) is 5.13 Å². The lowest BCUT2D eigenvalue weighted by Gasteiger charge is -2.22. The van der Waals surface area contributed by atoms with Gasteiger partial charge in [0.25, 0.3) is 5.91 Å². The van der Waals surface area contributed by atoms with Crippen molar-refractivity contribution in [2.75, 3.05) is 23.3 Å². The Morgan fingerprint density at radius 1 is 1.33 bits per heavy atom. The molecule has 2 heterocycles. The number of terminal acetylenes is 1. The fourth-order valence-corrected chi connectivity index (χ4v) is 4.73. The predicted octanol–water partition coefficient (Wildman–Crippen LogP) is 4.80. The van der Waals surface area contributed by atoms with E-state index in [0.717, 1.165) is 35.5 Å². The van der Waals surface area contributed by atoms with Crippen molar-refractivity contribution >= 4 is 39.7 Å². The van der Waals surface area contributed by atoms with E-state index in [0.29, 0.717) is 29.5 Å². The van der Waals surface area contributed by atoms with Crippen molar-refractivity contribution in [1.82, 2.24) is 4.98 Å². The van der Waals surface area contributed by atoms with Crippen molar-refractivity contribution in [3.63, 3.8) is 0 Å². The lowest BCUT2D eigenvalue weighted by molar-refractivity contribution is 0.101. The van der Waals surface area contributed by atoms with Gasteiger partial charge in [0.1, 0.15) is 17.2 Å². The van der Waals surface area contributed by atoms with Crippen LogP contribution in [0.25, 0.3) is 0 Å². The van der Waals surface area contributed by atoms with E-state index in [2.05, 4.69) is 16.2 Å². The van der Waals surface area contributed by atoms with Crippen molar-refractivity contribution in [2.24, 2.45) is 5.73 Å². The van der Waals surface area contributed by atoms with E-state index in [1.165, 1.54) is 0 Å². The third-order valence-corrected chi connectivity index (χ3v) is 6.80. The minimum absolute atomic E-state index is 0.0419. The number of carbonyl (C=O) groups excluding carboxylic acids is 1. The number of amides is 1. The van der Waals surface area contributed by atoms with Gasteiger partial charge in [0.2, 0.25) is 0 Å². The van der Waals surface area contributed by atoms with E-state index >= 15 is 0 Å². The Morgan fingerprint density at radius 3 is 2.58 bits per heavy atom. The maximum atomic E-state index is 14.7. The fourth-order valence-electron chi connectivity index (χ4n) is 3.79. The van der Waals surface area contributed by atoms with Gasteiger partial charge in [-0.2, -0.15) is 0 Å². The molecule has 9 heteroatoms. The number of nitrogens with two attached hydrogens (primary N) is 1. The first-order valence-corrected chi connectivity index (χ1v) is 11.5. The molecular weight excluding hydrogens is 466 g/mol. The molecule has 0 radical (unpaired) electrons. The maximum absolute atomic E-state index is 14.7. The van der Waals surface area contributed by atoms with Gasteiger partial charge in [-0.15, -0.1) is 17.8 Å². The molecule has 0 bridgehead atoms. The monoisotopic (exact) mass is 486 g/mol. The van der Waals surface area contributed by atoms with Crippen LogP contribution in [0.4, 0.5) is 19.6 Å². The predicted molar refractivity (Wildman–Crippen MR) is 128 cm³/mol. The molecular formula is C24H21ClF2N4OS. The zero-order valence-electron chi connectivity index (χ0n) is 17.7. The molecule has 2 atom stereocenters. The average Bonchev–Trinajstić information content (AvgIpc) is 3.42.